The number of aliphatic imine (C=N–C) groups is 1. The second kappa shape index (κ2) is 5.68. The van der Waals surface area contributed by atoms with E-state index in [4.69, 9.17) is 11.6 Å². The molecule has 0 radical (unpaired) electrons. The molecule has 2 aliphatic rings. The van der Waals surface area contributed by atoms with Gasteiger partial charge in [-0.3, -0.25) is 4.72 Å². The molecule has 0 aromatic heterocycles. The van der Waals surface area contributed by atoms with Crippen LogP contribution in [-0.4, -0.2) is 43.5 Å². The fourth-order valence-electron chi connectivity index (χ4n) is 2.33. The highest BCUT2D eigenvalue weighted by molar-refractivity contribution is 8.16. The normalized spacial score (nSPS) is 23.4. The average Bonchev–Trinajstić information content (AvgIpc) is 2.97. The number of hydrogen-bond acceptors (Lipinski definition) is 6. The van der Waals surface area contributed by atoms with E-state index in [1.54, 1.807) is 28.6 Å². The Hall–Kier alpha value is -1.38. The van der Waals surface area contributed by atoms with Crippen LogP contribution in [-0.2, 0) is 10.0 Å². The first-order chi connectivity index (χ1) is 10.4. The molecule has 2 heterocycles. The number of sulfonamides is 1. The number of thioether (sulfide) groups is 1. The van der Waals surface area contributed by atoms with Gasteiger partial charge in [-0.05, 0) is 17.5 Å². The third-order valence-corrected chi connectivity index (χ3v) is 6.21. The summed E-state index contributed by atoms with van der Waals surface area (Å²) in [5.41, 5.74) is 0.458. The van der Waals surface area contributed by atoms with Crippen molar-refractivity contribution in [3.05, 3.63) is 35.9 Å². The molecule has 0 saturated heterocycles. The minimum Gasteiger partial charge on any atom is -0.376 e. The van der Waals surface area contributed by atoms with Crippen molar-refractivity contribution in [2.75, 3.05) is 23.7 Å². The van der Waals surface area contributed by atoms with E-state index in [0.717, 1.165) is 5.69 Å². The minimum absolute atomic E-state index is 0.514. The number of hydrogen-bond donors (Lipinski definition) is 1. The number of anilines is 2. The Bertz CT molecular complexity index is 748. The van der Waals surface area contributed by atoms with Crippen LogP contribution >= 0.6 is 23.4 Å². The van der Waals surface area contributed by atoms with Crippen molar-refractivity contribution in [1.29, 1.82) is 0 Å². The Balaban J connectivity index is 1.91. The quantitative estimate of drug-likeness (QED) is 0.660. The highest BCUT2D eigenvalue weighted by Crippen LogP contribution is 2.36. The fourth-order valence-corrected chi connectivity index (χ4v) is 5.29. The summed E-state index contributed by atoms with van der Waals surface area (Å²) in [6, 6.07) is 7.21. The van der Waals surface area contributed by atoms with Crippen LogP contribution in [0.25, 0.3) is 0 Å². The molecule has 3 rings (SSSR count). The summed E-state index contributed by atoms with van der Waals surface area (Å²) in [6.07, 6.45) is 1.69. The van der Waals surface area contributed by atoms with Crippen molar-refractivity contribution in [2.24, 2.45) is 4.99 Å². The molecule has 0 fully saturated rings. The van der Waals surface area contributed by atoms with Gasteiger partial charge in [0.1, 0.15) is 0 Å². The van der Waals surface area contributed by atoms with Crippen LogP contribution in [0.3, 0.4) is 0 Å². The Kier molecular flexibility index (Phi) is 4.00. The van der Waals surface area contributed by atoms with Crippen LogP contribution in [0.4, 0.5) is 11.4 Å². The van der Waals surface area contributed by atoms with E-state index < -0.39 is 20.9 Å². The van der Waals surface area contributed by atoms with Gasteiger partial charge >= 0.3 is 0 Å². The third-order valence-electron chi connectivity index (χ3n) is 3.32. The van der Waals surface area contributed by atoms with Gasteiger partial charge in [0.2, 0.25) is 0 Å². The maximum atomic E-state index is 12.8. The lowest BCUT2D eigenvalue weighted by Gasteiger charge is -2.24. The third kappa shape index (κ3) is 2.66. The van der Waals surface area contributed by atoms with E-state index in [1.165, 1.54) is 11.8 Å². The molecule has 2 atom stereocenters. The van der Waals surface area contributed by atoms with E-state index in [-0.39, 0.29) is 0 Å². The summed E-state index contributed by atoms with van der Waals surface area (Å²) in [6.45, 7) is 0. The Morgan fingerprint density at radius 1 is 1.36 bits per heavy atom. The van der Waals surface area contributed by atoms with E-state index in [1.807, 2.05) is 31.1 Å². The largest absolute Gasteiger partial charge is 0.376 e. The van der Waals surface area contributed by atoms with Crippen LogP contribution in [0.5, 0.6) is 0 Å². The zero-order valence-electron chi connectivity index (χ0n) is 12.0. The van der Waals surface area contributed by atoms with Gasteiger partial charge in [0, 0.05) is 20.3 Å². The van der Waals surface area contributed by atoms with Crippen molar-refractivity contribution in [1.82, 2.24) is 4.90 Å². The predicted octanol–water partition coefficient (Wildman–Crippen LogP) is 2.27. The van der Waals surface area contributed by atoms with Gasteiger partial charge in [-0.1, -0.05) is 35.5 Å². The van der Waals surface area contributed by atoms with Gasteiger partial charge in [-0.25, -0.2) is 13.4 Å². The van der Waals surface area contributed by atoms with E-state index >= 15 is 0 Å². The van der Waals surface area contributed by atoms with Crippen molar-refractivity contribution in [3.63, 3.8) is 0 Å². The molecule has 0 spiro atoms. The number of fused-ring (bicyclic) bond motifs is 1. The average molecular weight is 359 g/mol. The first kappa shape index (κ1) is 15.5. The molecule has 0 amide bonds. The molecule has 118 valence electrons. The van der Waals surface area contributed by atoms with Gasteiger partial charge in [-0.2, -0.15) is 0 Å². The number of nitrogens with zero attached hydrogens (tertiary/aromatic N) is 3. The molecular weight excluding hydrogens is 344 g/mol. The highest BCUT2D eigenvalue weighted by Gasteiger charge is 2.45. The minimum atomic E-state index is -3.73. The molecule has 9 heteroatoms. The van der Waals surface area contributed by atoms with Crippen LogP contribution in [0.1, 0.15) is 0 Å². The number of alkyl halides is 1. The van der Waals surface area contributed by atoms with Gasteiger partial charge < -0.3 is 9.80 Å². The molecule has 1 N–H and O–H groups in total. The fraction of sp³-hybridized carbons (Fsp3) is 0.308. The maximum absolute atomic E-state index is 12.8. The molecule has 0 saturated carbocycles. The molecule has 2 aliphatic heterocycles. The number of nitrogens with one attached hydrogen (secondary N) is 1. The molecule has 6 nitrogen and oxygen atoms in total. The lowest BCUT2D eigenvalue weighted by atomic mass is 10.2. The molecule has 1 aromatic rings. The van der Waals surface area contributed by atoms with E-state index in [2.05, 4.69) is 9.71 Å². The number of para-hydroxylation sites is 2. The molecule has 2 unspecified atom stereocenters. The number of rotatable bonds is 4. The smallest absolute Gasteiger partial charge is 0.257 e. The second-order valence-electron chi connectivity index (χ2n) is 5.04. The molecule has 0 aliphatic carbocycles. The van der Waals surface area contributed by atoms with E-state index in [0.29, 0.717) is 10.9 Å². The highest BCUT2D eigenvalue weighted by atomic mass is 35.5. The van der Waals surface area contributed by atoms with E-state index in [9.17, 15) is 8.42 Å². The van der Waals surface area contributed by atoms with Crippen LogP contribution in [0.2, 0.25) is 0 Å². The summed E-state index contributed by atoms with van der Waals surface area (Å²) in [5.74, 6) is 0. The Labute approximate surface area is 138 Å². The zero-order chi connectivity index (χ0) is 15.9. The van der Waals surface area contributed by atoms with Gasteiger partial charge in [-0.15, -0.1) is 0 Å². The Morgan fingerprint density at radius 3 is 2.82 bits per heavy atom. The number of benzene rings is 1. The molecule has 22 heavy (non-hydrogen) atoms. The lowest BCUT2D eigenvalue weighted by Crippen LogP contribution is -2.42. The number of halogens is 1. The summed E-state index contributed by atoms with van der Waals surface area (Å²) >= 11 is 7.49. The predicted molar refractivity (Wildman–Crippen MR) is 92.7 cm³/mol. The summed E-state index contributed by atoms with van der Waals surface area (Å²) < 4.78 is 28.2. The molecule has 1 aromatic carbocycles. The van der Waals surface area contributed by atoms with Crippen molar-refractivity contribution >= 4 is 49.9 Å². The first-order valence-electron chi connectivity index (χ1n) is 6.52. The molecular formula is C13H15ClN4O2S2. The topological polar surface area (TPSA) is 65.0 Å². The second-order valence-corrected chi connectivity index (χ2v) is 8.14. The van der Waals surface area contributed by atoms with Crippen molar-refractivity contribution in [2.45, 2.75) is 10.9 Å². The van der Waals surface area contributed by atoms with Gasteiger partial charge in [0.25, 0.3) is 10.0 Å². The number of amidine groups is 1. The summed E-state index contributed by atoms with van der Waals surface area (Å²) in [4.78, 5) is 7.61. The van der Waals surface area contributed by atoms with Gasteiger partial charge in [0.05, 0.1) is 11.4 Å². The first-order valence-corrected chi connectivity index (χ1v) is 9.38. The standard InChI is InChI=1S/C13H15ClN4O2S2/c1-17(2)10-6-4-3-5-9(10)16-22(19,20)12-11(14)15-13-18(12)7-8-21-13/h3-8,11-12,16H,1-2H3. The van der Waals surface area contributed by atoms with Crippen molar-refractivity contribution in [3.8, 4) is 0 Å². The van der Waals surface area contributed by atoms with Gasteiger partial charge in [0.15, 0.2) is 16.0 Å². The Morgan fingerprint density at radius 2 is 2.09 bits per heavy atom. The SMILES string of the molecule is CN(C)c1ccccc1NS(=O)(=O)C1C(Cl)N=C2SC=CN21. The van der Waals surface area contributed by atoms with Crippen molar-refractivity contribution < 1.29 is 8.42 Å². The monoisotopic (exact) mass is 358 g/mol. The molecule has 0 bridgehead atoms. The van der Waals surface area contributed by atoms with Crippen LogP contribution < -0.4 is 9.62 Å². The summed E-state index contributed by atoms with van der Waals surface area (Å²) in [5, 5.41) is 1.44. The maximum Gasteiger partial charge on any atom is 0.257 e. The zero-order valence-corrected chi connectivity index (χ0v) is 14.4. The van der Waals surface area contributed by atoms with Crippen LogP contribution in [0.15, 0.2) is 40.9 Å². The summed E-state index contributed by atoms with van der Waals surface area (Å²) in [7, 11) is -0.0238. The lowest BCUT2D eigenvalue weighted by molar-refractivity contribution is 0.504. The van der Waals surface area contributed by atoms with Crippen LogP contribution in [0, 0.1) is 0 Å².